The molecule has 3 saturated heterocycles. The van der Waals surface area contributed by atoms with Gasteiger partial charge in [-0.25, -0.2) is 0 Å². The molecule has 3 heterocycles. The summed E-state index contributed by atoms with van der Waals surface area (Å²) >= 11 is 0. The van der Waals surface area contributed by atoms with E-state index in [1.165, 1.54) is 20.3 Å². The second-order valence-corrected chi connectivity index (χ2v) is 9.47. The predicted octanol–water partition coefficient (Wildman–Crippen LogP) is -4.86. The minimum absolute atomic E-state index is 0.387. The number of aliphatic hydroxyl groups is 9. The van der Waals surface area contributed by atoms with Crippen LogP contribution in [0.5, 0.6) is 0 Å². The first-order valence-electron chi connectivity index (χ1n) is 11.3. The Labute approximate surface area is 202 Å². The van der Waals surface area contributed by atoms with E-state index in [1.807, 2.05) is 0 Å². The molecule has 0 amide bonds. The molecule has 14 nitrogen and oxygen atoms in total. The molecule has 0 saturated carbocycles. The maximum absolute atomic E-state index is 10.8. The van der Waals surface area contributed by atoms with Crippen molar-refractivity contribution in [1.82, 2.24) is 0 Å². The van der Waals surface area contributed by atoms with Crippen LogP contribution in [0.3, 0.4) is 0 Å². The summed E-state index contributed by atoms with van der Waals surface area (Å²) in [6, 6.07) is 0. The van der Waals surface area contributed by atoms with E-state index < -0.39 is 98.4 Å². The monoisotopic (exact) mass is 512 g/mol. The Bertz CT molecular complexity index is 678. The number of aliphatic hydroxyl groups excluding tert-OH is 9. The highest BCUT2D eigenvalue weighted by atomic mass is 16.8. The van der Waals surface area contributed by atoms with Gasteiger partial charge >= 0.3 is 0 Å². The molecule has 0 bridgehead atoms. The van der Waals surface area contributed by atoms with E-state index in [0.29, 0.717) is 0 Å². The first-order valence-corrected chi connectivity index (χ1v) is 11.3. The highest BCUT2D eigenvalue weighted by Gasteiger charge is 2.55. The lowest BCUT2D eigenvalue weighted by Crippen LogP contribution is -2.66. The fourth-order valence-electron chi connectivity index (χ4n) is 4.52. The van der Waals surface area contributed by atoms with Crippen molar-refractivity contribution in [2.75, 3.05) is 26.4 Å². The summed E-state index contributed by atoms with van der Waals surface area (Å²) in [5.74, 6) is -1.95. The van der Waals surface area contributed by atoms with Crippen LogP contribution in [0.1, 0.15) is 13.8 Å². The number of hydrogen-bond donors (Lipinski definition) is 9. The maximum atomic E-state index is 10.8. The van der Waals surface area contributed by atoms with Crippen LogP contribution in [0.25, 0.3) is 0 Å². The van der Waals surface area contributed by atoms with Gasteiger partial charge < -0.3 is 69.6 Å². The van der Waals surface area contributed by atoms with Crippen LogP contribution in [0.15, 0.2) is 0 Å². The first-order chi connectivity index (χ1) is 16.4. The SMILES string of the molecule is CC1(OC2C(CO)OC(OCC3(C)C(CO)O[CH]C(O)C3O)C(O)C2O)OC(CO)[CH]C(O)C1O. The molecule has 13 atom stereocenters. The van der Waals surface area contributed by atoms with E-state index in [-0.39, 0.29) is 6.61 Å². The standard InChI is InChI=1S/C21H36O14/c1-20(13(6-24)31-7-11(26)17(20)29)8-32-19-15(28)14(27)16(12(5-23)33-19)35-21(2)18(30)10(25)3-9(4-22)34-21/h3,7,9-19,22-30H,4-6,8H2,1-2H3. The summed E-state index contributed by atoms with van der Waals surface area (Å²) in [5.41, 5.74) is -1.33. The zero-order valence-electron chi connectivity index (χ0n) is 19.4. The van der Waals surface area contributed by atoms with Gasteiger partial charge in [0, 0.05) is 11.8 Å². The first kappa shape index (κ1) is 29.0. The van der Waals surface area contributed by atoms with E-state index >= 15 is 0 Å². The second kappa shape index (κ2) is 11.4. The fraction of sp³-hybridized carbons (Fsp3) is 0.905. The Morgan fingerprint density at radius 3 is 2.14 bits per heavy atom. The van der Waals surface area contributed by atoms with E-state index in [0.717, 1.165) is 6.61 Å². The van der Waals surface area contributed by atoms with E-state index in [4.69, 9.17) is 23.7 Å². The van der Waals surface area contributed by atoms with Gasteiger partial charge in [0.15, 0.2) is 12.1 Å². The number of ether oxygens (including phenoxy) is 5. The van der Waals surface area contributed by atoms with Gasteiger partial charge in [0.2, 0.25) is 0 Å². The van der Waals surface area contributed by atoms with Crippen molar-refractivity contribution < 1.29 is 69.6 Å². The lowest BCUT2D eigenvalue weighted by molar-refractivity contribution is -0.382. The average Bonchev–Trinajstić information content (AvgIpc) is 2.83. The molecule has 0 aromatic carbocycles. The summed E-state index contributed by atoms with van der Waals surface area (Å²) in [6.45, 7) is 1.60. The summed E-state index contributed by atoms with van der Waals surface area (Å²) in [4.78, 5) is 0. The van der Waals surface area contributed by atoms with Crippen LogP contribution >= 0.6 is 0 Å². The molecule has 14 heteroatoms. The number of hydrogen-bond acceptors (Lipinski definition) is 14. The molecule has 0 aromatic rings. The fourth-order valence-corrected chi connectivity index (χ4v) is 4.52. The Morgan fingerprint density at radius 1 is 0.857 bits per heavy atom. The van der Waals surface area contributed by atoms with Crippen LogP contribution in [0.2, 0.25) is 0 Å². The molecule has 3 aliphatic heterocycles. The zero-order chi connectivity index (χ0) is 26.1. The molecule has 3 rings (SSSR count). The molecule has 13 unspecified atom stereocenters. The molecule has 0 aromatic heterocycles. The van der Waals surface area contributed by atoms with E-state index in [9.17, 15) is 46.0 Å². The van der Waals surface area contributed by atoms with Crippen LogP contribution in [-0.4, -0.2) is 146 Å². The molecule has 3 fully saturated rings. The van der Waals surface area contributed by atoms with Crippen LogP contribution in [0.4, 0.5) is 0 Å². The van der Waals surface area contributed by atoms with Crippen LogP contribution < -0.4 is 0 Å². The third-order valence-electron chi connectivity index (χ3n) is 6.87. The van der Waals surface area contributed by atoms with Gasteiger partial charge in [0.25, 0.3) is 0 Å². The van der Waals surface area contributed by atoms with Gasteiger partial charge in [-0.2, -0.15) is 0 Å². The molecule has 9 N–H and O–H groups in total. The molecule has 35 heavy (non-hydrogen) atoms. The Balaban J connectivity index is 1.72. The van der Waals surface area contributed by atoms with Crippen molar-refractivity contribution in [1.29, 1.82) is 0 Å². The zero-order valence-corrected chi connectivity index (χ0v) is 19.4. The minimum atomic E-state index is -1.95. The van der Waals surface area contributed by atoms with E-state index in [1.54, 1.807) is 0 Å². The third-order valence-corrected chi connectivity index (χ3v) is 6.87. The van der Waals surface area contributed by atoms with Crippen LogP contribution in [0, 0.1) is 18.4 Å². The van der Waals surface area contributed by atoms with Crippen LogP contribution in [-0.2, 0) is 23.7 Å². The summed E-state index contributed by atoms with van der Waals surface area (Å²) in [7, 11) is 0. The Kier molecular flexibility index (Phi) is 9.49. The third kappa shape index (κ3) is 5.66. The second-order valence-electron chi connectivity index (χ2n) is 9.47. The van der Waals surface area contributed by atoms with Crippen molar-refractivity contribution in [3.05, 3.63) is 13.0 Å². The summed E-state index contributed by atoms with van der Waals surface area (Å²) in [6.07, 6.45) is -14.4. The predicted molar refractivity (Wildman–Crippen MR) is 112 cm³/mol. The normalized spacial score (nSPS) is 51.3. The highest BCUT2D eigenvalue weighted by molar-refractivity contribution is 5.03. The van der Waals surface area contributed by atoms with Gasteiger partial charge in [-0.05, 0) is 6.92 Å². The van der Waals surface area contributed by atoms with Gasteiger partial charge in [-0.1, -0.05) is 6.92 Å². The molecule has 3 aliphatic rings. The van der Waals surface area contributed by atoms with Crippen molar-refractivity contribution in [3.8, 4) is 0 Å². The average molecular weight is 513 g/mol. The Hall–Kier alpha value is -0.560. The minimum Gasteiger partial charge on any atom is -0.394 e. The molecule has 204 valence electrons. The van der Waals surface area contributed by atoms with Crippen molar-refractivity contribution in [3.63, 3.8) is 0 Å². The van der Waals surface area contributed by atoms with Gasteiger partial charge in [0.1, 0.15) is 43.2 Å². The lowest BCUT2D eigenvalue weighted by atomic mass is 9.75. The Morgan fingerprint density at radius 2 is 1.54 bits per heavy atom. The summed E-state index contributed by atoms with van der Waals surface area (Å²) < 4.78 is 27.6. The lowest BCUT2D eigenvalue weighted by Gasteiger charge is -2.50. The van der Waals surface area contributed by atoms with Gasteiger partial charge in [0.05, 0.1) is 50.8 Å². The topological polar surface area (TPSA) is 228 Å². The van der Waals surface area contributed by atoms with Crippen molar-refractivity contribution in [2.24, 2.45) is 5.41 Å². The largest absolute Gasteiger partial charge is 0.394 e. The molecule has 0 spiro atoms. The molecule has 2 radical (unpaired) electrons. The van der Waals surface area contributed by atoms with Crippen molar-refractivity contribution >= 4 is 0 Å². The number of rotatable bonds is 8. The molecule has 0 aliphatic carbocycles. The molecular formula is C21H36O14. The van der Waals surface area contributed by atoms with Crippen molar-refractivity contribution in [2.45, 2.75) is 87.0 Å². The molecular weight excluding hydrogens is 476 g/mol. The summed E-state index contributed by atoms with van der Waals surface area (Å²) in [5, 5.41) is 91.1. The highest BCUT2D eigenvalue weighted by Crippen LogP contribution is 2.38. The quantitative estimate of drug-likeness (QED) is 0.149. The van der Waals surface area contributed by atoms with Gasteiger partial charge in [-0.3, -0.25) is 0 Å². The van der Waals surface area contributed by atoms with E-state index in [2.05, 4.69) is 0 Å². The smallest absolute Gasteiger partial charge is 0.195 e. The van der Waals surface area contributed by atoms with Gasteiger partial charge in [-0.15, -0.1) is 0 Å². The maximum Gasteiger partial charge on any atom is 0.195 e.